The van der Waals surface area contributed by atoms with E-state index >= 15 is 0 Å². The topological polar surface area (TPSA) is 75.7 Å². The second-order valence-corrected chi connectivity index (χ2v) is 8.89. The predicted octanol–water partition coefficient (Wildman–Crippen LogP) is 5.13. The number of nitrogens with one attached hydrogen (secondary N) is 1. The normalized spacial score (nSPS) is 15.0. The highest BCUT2D eigenvalue weighted by Gasteiger charge is 2.36. The van der Waals surface area contributed by atoms with Gasteiger partial charge in [0.25, 0.3) is 11.1 Å². The molecule has 3 amide bonds. The van der Waals surface area contributed by atoms with Crippen molar-refractivity contribution in [3.8, 4) is 5.75 Å². The van der Waals surface area contributed by atoms with Crippen LogP contribution in [-0.4, -0.2) is 35.6 Å². The average Bonchev–Trinajstić information content (AvgIpc) is 3.01. The van der Waals surface area contributed by atoms with Gasteiger partial charge in [-0.2, -0.15) is 0 Å². The molecule has 1 aliphatic rings. The number of methoxy groups -OCH3 is 1. The van der Waals surface area contributed by atoms with Gasteiger partial charge in [-0.1, -0.05) is 42.5 Å². The Kier molecular flexibility index (Phi) is 6.28. The Labute approximate surface area is 196 Å². The van der Waals surface area contributed by atoms with Crippen molar-refractivity contribution in [1.29, 1.82) is 0 Å². The molecule has 8 heteroatoms. The number of halogens is 1. The van der Waals surface area contributed by atoms with Gasteiger partial charge in [-0.3, -0.25) is 19.3 Å². The highest BCUT2D eigenvalue weighted by molar-refractivity contribution is 14.1. The minimum atomic E-state index is -0.478. The zero-order valence-corrected chi connectivity index (χ0v) is 19.4. The van der Waals surface area contributed by atoms with Crippen LogP contribution in [0, 0.1) is 3.57 Å². The standard InChI is InChI=1S/C23H17IN2O4S/c1-30-19-10-9-14(11-17(19)24)12-20-22(28)26(23(29)31-20)13-21(27)25-18-8-4-6-15-5-2-3-7-16(15)18/h2-12H,13H2,1H3,(H,25,27)/b20-12-. The van der Waals surface area contributed by atoms with Crippen molar-refractivity contribution in [3.63, 3.8) is 0 Å². The molecule has 31 heavy (non-hydrogen) atoms. The van der Waals surface area contributed by atoms with E-state index in [4.69, 9.17) is 4.74 Å². The summed E-state index contributed by atoms with van der Waals surface area (Å²) in [6.07, 6.45) is 1.65. The number of nitrogens with zero attached hydrogens (tertiary/aromatic N) is 1. The molecule has 0 aromatic heterocycles. The van der Waals surface area contributed by atoms with E-state index in [0.29, 0.717) is 5.69 Å². The molecule has 0 saturated carbocycles. The van der Waals surface area contributed by atoms with Gasteiger partial charge in [-0.05, 0) is 69.6 Å². The van der Waals surface area contributed by atoms with Crippen LogP contribution in [0.15, 0.2) is 65.6 Å². The summed E-state index contributed by atoms with van der Waals surface area (Å²) in [5.74, 6) is -0.177. The molecule has 1 N–H and O–H groups in total. The van der Waals surface area contributed by atoms with Crippen molar-refractivity contribution in [3.05, 3.63) is 74.7 Å². The molecule has 1 saturated heterocycles. The van der Waals surface area contributed by atoms with Crippen LogP contribution in [0.4, 0.5) is 10.5 Å². The van der Waals surface area contributed by atoms with Crippen LogP contribution in [0.2, 0.25) is 0 Å². The van der Waals surface area contributed by atoms with Crippen LogP contribution >= 0.6 is 34.4 Å². The summed E-state index contributed by atoms with van der Waals surface area (Å²) in [5.41, 5.74) is 1.41. The van der Waals surface area contributed by atoms with Gasteiger partial charge in [-0.15, -0.1) is 0 Å². The van der Waals surface area contributed by atoms with E-state index in [0.717, 1.165) is 42.3 Å². The van der Waals surface area contributed by atoms with Crippen LogP contribution in [0.25, 0.3) is 16.8 Å². The number of carbonyl (C=O) groups excluding carboxylic acids is 3. The van der Waals surface area contributed by atoms with Crippen LogP contribution in [0.5, 0.6) is 5.75 Å². The molecule has 0 aliphatic carbocycles. The number of amides is 3. The van der Waals surface area contributed by atoms with Crippen molar-refractivity contribution < 1.29 is 19.1 Å². The number of thioether (sulfide) groups is 1. The number of carbonyl (C=O) groups is 3. The van der Waals surface area contributed by atoms with E-state index in [1.165, 1.54) is 0 Å². The maximum Gasteiger partial charge on any atom is 0.294 e. The molecular weight excluding hydrogens is 527 g/mol. The molecule has 4 rings (SSSR count). The largest absolute Gasteiger partial charge is 0.496 e. The zero-order chi connectivity index (χ0) is 22.0. The molecule has 0 unspecified atom stereocenters. The maximum atomic E-state index is 12.7. The van der Waals surface area contributed by atoms with E-state index in [1.54, 1.807) is 25.3 Å². The smallest absolute Gasteiger partial charge is 0.294 e. The molecule has 156 valence electrons. The average molecular weight is 544 g/mol. The summed E-state index contributed by atoms with van der Waals surface area (Å²) in [4.78, 5) is 38.9. The fourth-order valence-electron chi connectivity index (χ4n) is 3.23. The molecule has 1 heterocycles. The zero-order valence-electron chi connectivity index (χ0n) is 16.4. The summed E-state index contributed by atoms with van der Waals surface area (Å²) in [5, 5.41) is 4.22. The molecule has 1 fully saturated rings. The first kappa shape index (κ1) is 21.4. The Bertz CT molecular complexity index is 1240. The molecule has 6 nitrogen and oxygen atoms in total. The number of fused-ring (bicyclic) bond motifs is 1. The first-order valence-corrected chi connectivity index (χ1v) is 11.2. The number of ether oxygens (including phenoxy) is 1. The monoisotopic (exact) mass is 544 g/mol. The SMILES string of the molecule is COc1ccc(/C=C2\SC(=O)N(CC(=O)Nc3cccc4ccccc34)C2=O)cc1I. The molecule has 0 atom stereocenters. The van der Waals surface area contributed by atoms with Gasteiger partial charge in [0.2, 0.25) is 5.91 Å². The highest BCUT2D eigenvalue weighted by atomic mass is 127. The minimum Gasteiger partial charge on any atom is -0.496 e. The number of anilines is 1. The molecule has 0 radical (unpaired) electrons. The second-order valence-electron chi connectivity index (χ2n) is 6.74. The third kappa shape index (κ3) is 4.59. The molecule has 0 bridgehead atoms. The number of hydrogen-bond donors (Lipinski definition) is 1. The lowest BCUT2D eigenvalue weighted by Crippen LogP contribution is -2.36. The molecule has 1 aliphatic heterocycles. The van der Waals surface area contributed by atoms with Crippen molar-refractivity contribution in [1.82, 2.24) is 4.90 Å². The Balaban J connectivity index is 1.49. The fourth-order valence-corrected chi connectivity index (χ4v) is 4.83. The fraction of sp³-hybridized carbons (Fsp3) is 0.0870. The van der Waals surface area contributed by atoms with Gasteiger partial charge in [0, 0.05) is 11.1 Å². The van der Waals surface area contributed by atoms with Crippen molar-refractivity contribution in [2.75, 3.05) is 19.0 Å². The Hall–Kier alpha value is -2.85. The van der Waals surface area contributed by atoms with Crippen LogP contribution in [0.1, 0.15) is 5.56 Å². The summed E-state index contributed by atoms with van der Waals surface area (Å²) in [6, 6.07) is 18.7. The number of benzene rings is 3. The lowest BCUT2D eigenvalue weighted by molar-refractivity contribution is -0.127. The Morgan fingerprint density at radius 3 is 2.68 bits per heavy atom. The van der Waals surface area contributed by atoms with Gasteiger partial charge in [0.15, 0.2) is 0 Å². The van der Waals surface area contributed by atoms with E-state index in [-0.39, 0.29) is 11.4 Å². The van der Waals surface area contributed by atoms with Crippen molar-refractivity contribution >= 4 is 73.9 Å². The van der Waals surface area contributed by atoms with E-state index in [1.807, 2.05) is 48.5 Å². The van der Waals surface area contributed by atoms with E-state index in [2.05, 4.69) is 27.9 Å². The van der Waals surface area contributed by atoms with Crippen molar-refractivity contribution in [2.45, 2.75) is 0 Å². The summed E-state index contributed by atoms with van der Waals surface area (Å²) >= 11 is 2.97. The second kappa shape index (κ2) is 9.11. The lowest BCUT2D eigenvalue weighted by Gasteiger charge is -2.13. The van der Waals surface area contributed by atoms with Crippen LogP contribution < -0.4 is 10.1 Å². The van der Waals surface area contributed by atoms with Gasteiger partial charge in [-0.25, -0.2) is 0 Å². The molecular formula is C23H17IN2O4S. The third-order valence-electron chi connectivity index (χ3n) is 4.71. The van der Waals surface area contributed by atoms with Crippen LogP contribution in [-0.2, 0) is 9.59 Å². The molecule has 3 aromatic rings. The quantitative estimate of drug-likeness (QED) is 0.356. The Morgan fingerprint density at radius 1 is 1.13 bits per heavy atom. The first-order chi connectivity index (χ1) is 15.0. The maximum absolute atomic E-state index is 12.7. The molecule has 0 spiro atoms. The van der Waals surface area contributed by atoms with Crippen LogP contribution in [0.3, 0.4) is 0 Å². The van der Waals surface area contributed by atoms with Crippen molar-refractivity contribution in [2.24, 2.45) is 0 Å². The van der Waals surface area contributed by atoms with E-state index in [9.17, 15) is 14.4 Å². The number of rotatable bonds is 5. The summed E-state index contributed by atoms with van der Waals surface area (Å²) in [7, 11) is 1.59. The summed E-state index contributed by atoms with van der Waals surface area (Å²) in [6.45, 7) is -0.342. The van der Waals surface area contributed by atoms with Gasteiger partial charge < -0.3 is 10.1 Å². The summed E-state index contributed by atoms with van der Waals surface area (Å²) < 4.78 is 6.13. The lowest BCUT2D eigenvalue weighted by atomic mass is 10.1. The van der Waals surface area contributed by atoms with Gasteiger partial charge in [0.1, 0.15) is 12.3 Å². The minimum absolute atomic E-state index is 0.281. The number of hydrogen-bond acceptors (Lipinski definition) is 5. The predicted molar refractivity (Wildman–Crippen MR) is 131 cm³/mol. The number of imide groups is 1. The van der Waals surface area contributed by atoms with Gasteiger partial charge >= 0.3 is 0 Å². The highest BCUT2D eigenvalue weighted by Crippen LogP contribution is 2.33. The van der Waals surface area contributed by atoms with E-state index < -0.39 is 17.1 Å². The molecule has 3 aromatic carbocycles. The third-order valence-corrected chi connectivity index (χ3v) is 6.46. The first-order valence-electron chi connectivity index (χ1n) is 9.33. The van der Waals surface area contributed by atoms with Gasteiger partial charge in [0.05, 0.1) is 15.6 Å². The Morgan fingerprint density at radius 2 is 1.90 bits per heavy atom.